The molecule has 0 aliphatic carbocycles. The van der Waals surface area contributed by atoms with Crippen molar-refractivity contribution in [3.8, 4) is 0 Å². The van der Waals surface area contributed by atoms with Crippen LogP contribution >= 0.6 is 11.8 Å². The zero-order valence-corrected chi connectivity index (χ0v) is 12.5. The highest BCUT2D eigenvalue weighted by Crippen LogP contribution is 2.27. The van der Waals surface area contributed by atoms with Crippen molar-refractivity contribution in [2.45, 2.75) is 30.4 Å². The van der Waals surface area contributed by atoms with Crippen LogP contribution in [0.15, 0.2) is 53.4 Å². The number of benzene rings is 2. The Morgan fingerprint density at radius 1 is 1.10 bits per heavy atom. The highest BCUT2D eigenvalue weighted by Gasteiger charge is 2.20. The predicted molar refractivity (Wildman–Crippen MR) is 83.3 cm³/mol. The van der Waals surface area contributed by atoms with Gasteiger partial charge in [-0.25, -0.2) is 0 Å². The monoisotopic (exact) mass is 286 g/mol. The smallest absolute Gasteiger partial charge is 0.317 e. The van der Waals surface area contributed by atoms with Gasteiger partial charge in [0.1, 0.15) is 5.25 Å². The first-order valence-electron chi connectivity index (χ1n) is 6.57. The van der Waals surface area contributed by atoms with Crippen molar-refractivity contribution in [1.29, 1.82) is 0 Å². The highest BCUT2D eigenvalue weighted by molar-refractivity contribution is 8.00. The number of aryl methyl sites for hydroxylation is 1. The first-order chi connectivity index (χ1) is 9.58. The van der Waals surface area contributed by atoms with E-state index < -0.39 is 11.2 Å². The number of carbonyl (C=O) groups is 1. The van der Waals surface area contributed by atoms with Gasteiger partial charge in [0, 0.05) is 4.90 Å². The van der Waals surface area contributed by atoms with E-state index in [-0.39, 0.29) is 0 Å². The fourth-order valence-corrected chi connectivity index (χ4v) is 3.08. The topological polar surface area (TPSA) is 37.3 Å². The molecule has 0 aliphatic rings. The van der Waals surface area contributed by atoms with Crippen molar-refractivity contribution in [3.63, 3.8) is 0 Å². The lowest BCUT2D eigenvalue weighted by molar-refractivity contribution is -0.136. The Bertz CT molecular complexity index is 593. The number of rotatable bonds is 5. The molecule has 2 nitrogen and oxygen atoms in total. The third kappa shape index (κ3) is 3.64. The van der Waals surface area contributed by atoms with Crippen molar-refractivity contribution in [2.24, 2.45) is 0 Å². The van der Waals surface area contributed by atoms with Crippen molar-refractivity contribution in [1.82, 2.24) is 0 Å². The van der Waals surface area contributed by atoms with E-state index in [1.54, 1.807) is 0 Å². The molecule has 0 unspecified atom stereocenters. The second kappa shape index (κ2) is 6.62. The standard InChI is InChI=1S/C17H18O2S/c1-12-7-6-8-14(13(12)2)11-16(17(18)19)20-15-9-4-3-5-10-15/h3-10,16H,11H2,1-2H3,(H,18,19)/t16-/m1/s1. The van der Waals surface area contributed by atoms with Gasteiger partial charge in [-0.2, -0.15) is 0 Å². The third-order valence-corrected chi connectivity index (χ3v) is 4.62. The number of thioether (sulfide) groups is 1. The lowest BCUT2D eigenvalue weighted by Crippen LogP contribution is -2.19. The van der Waals surface area contributed by atoms with Crippen LogP contribution < -0.4 is 0 Å². The molecule has 2 aromatic carbocycles. The summed E-state index contributed by atoms with van der Waals surface area (Å²) in [5.41, 5.74) is 3.50. The molecule has 1 atom stereocenters. The van der Waals surface area contributed by atoms with E-state index in [0.717, 1.165) is 10.5 Å². The van der Waals surface area contributed by atoms with Crippen molar-refractivity contribution in [3.05, 3.63) is 65.2 Å². The molecule has 104 valence electrons. The summed E-state index contributed by atoms with van der Waals surface area (Å²) in [6, 6.07) is 15.8. The van der Waals surface area contributed by atoms with Crippen LogP contribution in [0, 0.1) is 13.8 Å². The Balaban J connectivity index is 2.18. The molecule has 0 saturated heterocycles. The maximum Gasteiger partial charge on any atom is 0.317 e. The molecule has 0 amide bonds. The summed E-state index contributed by atoms with van der Waals surface area (Å²) >= 11 is 1.41. The van der Waals surface area contributed by atoms with E-state index in [1.807, 2.05) is 42.5 Å². The van der Waals surface area contributed by atoms with Gasteiger partial charge in [0.25, 0.3) is 0 Å². The molecule has 0 fully saturated rings. The van der Waals surface area contributed by atoms with Crippen LogP contribution in [0.4, 0.5) is 0 Å². The Morgan fingerprint density at radius 2 is 1.80 bits per heavy atom. The molecule has 3 heteroatoms. The fourth-order valence-electron chi connectivity index (χ4n) is 2.08. The van der Waals surface area contributed by atoms with Crippen LogP contribution in [0.2, 0.25) is 0 Å². The summed E-state index contributed by atoms with van der Waals surface area (Å²) in [6.45, 7) is 4.11. The maximum absolute atomic E-state index is 11.5. The van der Waals surface area contributed by atoms with Gasteiger partial charge in [-0.15, -0.1) is 11.8 Å². The number of aliphatic carboxylic acids is 1. The van der Waals surface area contributed by atoms with Gasteiger partial charge < -0.3 is 5.11 Å². The largest absolute Gasteiger partial charge is 0.480 e. The van der Waals surface area contributed by atoms with Gasteiger partial charge in [0.15, 0.2) is 0 Å². The van der Waals surface area contributed by atoms with Crippen molar-refractivity contribution in [2.75, 3.05) is 0 Å². The Hall–Kier alpha value is -1.74. The van der Waals surface area contributed by atoms with Gasteiger partial charge in [-0.3, -0.25) is 4.79 Å². The van der Waals surface area contributed by atoms with Crippen LogP contribution in [0.1, 0.15) is 16.7 Å². The van der Waals surface area contributed by atoms with Crippen LogP contribution in [-0.2, 0) is 11.2 Å². The van der Waals surface area contributed by atoms with Crippen LogP contribution in [0.5, 0.6) is 0 Å². The van der Waals surface area contributed by atoms with Crippen LogP contribution in [0.3, 0.4) is 0 Å². The normalized spacial score (nSPS) is 12.1. The fraction of sp³-hybridized carbons (Fsp3) is 0.235. The second-order valence-corrected chi connectivity index (χ2v) is 6.10. The van der Waals surface area contributed by atoms with E-state index >= 15 is 0 Å². The predicted octanol–water partition coefficient (Wildman–Crippen LogP) is 4.09. The zero-order chi connectivity index (χ0) is 14.5. The quantitative estimate of drug-likeness (QED) is 0.841. The summed E-state index contributed by atoms with van der Waals surface area (Å²) in [5, 5.41) is 8.97. The minimum atomic E-state index is -0.764. The molecular weight excluding hydrogens is 268 g/mol. The molecule has 20 heavy (non-hydrogen) atoms. The Morgan fingerprint density at radius 3 is 2.45 bits per heavy atom. The van der Waals surface area contributed by atoms with Gasteiger partial charge in [-0.05, 0) is 49.1 Å². The van der Waals surface area contributed by atoms with Gasteiger partial charge in [0.2, 0.25) is 0 Å². The molecule has 0 saturated carbocycles. The molecule has 2 aromatic rings. The molecule has 0 heterocycles. The van der Waals surface area contributed by atoms with Gasteiger partial charge in [0.05, 0.1) is 0 Å². The Kier molecular flexibility index (Phi) is 4.85. The summed E-state index contributed by atoms with van der Waals surface area (Å²) in [5.74, 6) is -0.764. The summed E-state index contributed by atoms with van der Waals surface area (Å²) in [7, 11) is 0. The molecule has 2 rings (SSSR count). The average molecular weight is 286 g/mol. The van der Waals surface area contributed by atoms with E-state index in [4.69, 9.17) is 0 Å². The molecule has 0 bridgehead atoms. The first-order valence-corrected chi connectivity index (χ1v) is 7.45. The average Bonchev–Trinajstić information content (AvgIpc) is 2.44. The second-order valence-electron chi connectivity index (χ2n) is 4.82. The molecule has 0 radical (unpaired) electrons. The highest BCUT2D eigenvalue weighted by atomic mass is 32.2. The molecule has 0 aromatic heterocycles. The van der Waals surface area contributed by atoms with E-state index in [1.165, 1.54) is 22.9 Å². The summed E-state index contributed by atoms with van der Waals surface area (Å²) in [6.07, 6.45) is 0.544. The van der Waals surface area contributed by atoms with Crippen LogP contribution in [0.25, 0.3) is 0 Å². The number of hydrogen-bond donors (Lipinski definition) is 1. The molecular formula is C17H18O2S. The third-order valence-electron chi connectivity index (χ3n) is 3.42. The summed E-state index contributed by atoms with van der Waals surface area (Å²) in [4.78, 5) is 12.5. The van der Waals surface area contributed by atoms with Crippen LogP contribution in [-0.4, -0.2) is 16.3 Å². The molecule has 0 spiro atoms. The zero-order valence-electron chi connectivity index (χ0n) is 11.7. The van der Waals surface area contributed by atoms with Crippen molar-refractivity contribution < 1.29 is 9.90 Å². The number of carboxylic acids is 1. The lowest BCUT2D eigenvalue weighted by atomic mass is 10.00. The number of hydrogen-bond acceptors (Lipinski definition) is 2. The minimum Gasteiger partial charge on any atom is -0.480 e. The van der Waals surface area contributed by atoms with E-state index in [9.17, 15) is 9.90 Å². The van der Waals surface area contributed by atoms with E-state index in [0.29, 0.717) is 6.42 Å². The number of carboxylic acid groups (broad SMARTS) is 1. The molecule has 1 N–H and O–H groups in total. The maximum atomic E-state index is 11.5. The lowest BCUT2D eigenvalue weighted by Gasteiger charge is -2.15. The van der Waals surface area contributed by atoms with E-state index in [2.05, 4.69) is 19.9 Å². The van der Waals surface area contributed by atoms with Crippen molar-refractivity contribution >= 4 is 17.7 Å². The summed E-state index contributed by atoms with van der Waals surface area (Å²) < 4.78 is 0. The minimum absolute atomic E-state index is 0.460. The Labute approximate surface area is 123 Å². The molecule has 0 aliphatic heterocycles. The first kappa shape index (κ1) is 14.7. The van der Waals surface area contributed by atoms with Gasteiger partial charge in [-0.1, -0.05) is 36.4 Å². The van der Waals surface area contributed by atoms with Gasteiger partial charge >= 0.3 is 5.97 Å². The SMILES string of the molecule is Cc1cccc(C[C@@H](Sc2ccccc2)C(=O)O)c1C.